The van der Waals surface area contributed by atoms with Crippen LogP contribution < -0.4 is 4.90 Å². The normalized spacial score (nSPS) is 21.7. The standard InChI is InChI=1S/C28H28ClFN6/c1-18-3-2-4-23(25(18)30)35-16-28(17-35)10-20(11-28)26-33-32-24-13-34(15-27(14-31)7-8-27)12-19-9-21(29)5-6-22(19)36(24)26/h2-6,9,20H,7-8,10-13,15-17H2,1H3. The Balaban J connectivity index is 1.13. The molecule has 3 heterocycles. The number of nitrogens with zero attached hydrogens (tertiary/aromatic N) is 6. The second-order valence-electron chi connectivity index (χ2n) is 11.5. The Hall–Kier alpha value is -2.95. The molecule has 0 atom stereocenters. The monoisotopic (exact) mass is 502 g/mol. The van der Waals surface area contributed by atoms with Gasteiger partial charge in [0.15, 0.2) is 5.82 Å². The molecule has 3 fully saturated rings. The van der Waals surface area contributed by atoms with E-state index in [0.717, 1.165) is 80.4 Å². The van der Waals surface area contributed by atoms with Gasteiger partial charge in [-0.15, -0.1) is 10.2 Å². The molecule has 1 saturated heterocycles. The average Bonchev–Trinajstić information content (AvgIpc) is 3.50. The molecule has 8 heteroatoms. The van der Waals surface area contributed by atoms with Crippen LogP contribution in [-0.4, -0.2) is 39.3 Å². The number of aromatic nitrogens is 3. The van der Waals surface area contributed by atoms with Gasteiger partial charge in [0.25, 0.3) is 0 Å². The number of nitriles is 1. The molecular formula is C28H28ClFN6. The topological polar surface area (TPSA) is 61.0 Å². The van der Waals surface area contributed by atoms with Gasteiger partial charge in [0.05, 0.1) is 29.4 Å². The second kappa shape index (κ2) is 7.77. The summed E-state index contributed by atoms with van der Waals surface area (Å²) in [4.78, 5) is 4.49. The van der Waals surface area contributed by atoms with Gasteiger partial charge in [0.1, 0.15) is 11.6 Å². The molecule has 2 aliphatic heterocycles. The fourth-order valence-corrected chi connectivity index (χ4v) is 6.78. The Morgan fingerprint density at radius 2 is 1.92 bits per heavy atom. The molecule has 0 bridgehead atoms. The van der Waals surface area contributed by atoms with Crippen molar-refractivity contribution < 1.29 is 4.39 Å². The lowest BCUT2D eigenvalue weighted by atomic mass is 9.57. The number of aryl methyl sites for hydroxylation is 1. The minimum absolute atomic E-state index is 0.102. The largest absolute Gasteiger partial charge is 0.368 e. The molecule has 7 rings (SSSR count). The second-order valence-corrected chi connectivity index (χ2v) is 11.9. The van der Waals surface area contributed by atoms with Crippen LogP contribution in [0.1, 0.15) is 54.4 Å². The van der Waals surface area contributed by atoms with Crippen LogP contribution in [0.5, 0.6) is 0 Å². The Morgan fingerprint density at radius 1 is 1.11 bits per heavy atom. The molecule has 2 aliphatic carbocycles. The van der Waals surface area contributed by atoms with Crippen LogP contribution in [0.3, 0.4) is 0 Å². The number of hydrogen-bond donors (Lipinski definition) is 0. The van der Waals surface area contributed by atoms with Gasteiger partial charge in [0, 0.05) is 42.5 Å². The van der Waals surface area contributed by atoms with Gasteiger partial charge in [0.2, 0.25) is 0 Å². The summed E-state index contributed by atoms with van der Waals surface area (Å²) in [7, 11) is 0. The van der Waals surface area contributed by atoms with Crippen LogP contribution in [0.2, 0.25) is 5.02 Å². The molecule has 2 aromatic carbocycles. The summed E-state index contributed by atoms with van der Waals surface area (Å²) in [6.07, 6.45) is 4.01. The summed E-state index contributed by atoms with van der Waals surface area (Å²) in [5.74, 6) is 2.18. The lowest BCUT2D eigenvalue weighted by Crippen LogP contribution is -2.62. The van der Waals surface area contributed by atoms with Gasteiger partial charge in [-0.2, -0.15) is 5.26 Å². The van der Waals surface area contributed by atoms with Gasteiger partial charge in [-0.3, -0.25) is 9.47 Å². The maximum absolute atomic E-state index is 14.6. The number of halogens is 2. The fourth-order valence-electron chi connectivity index (χ4n) is 6.59. The van der Waals surface area contributed by atoms with Crippen molar-refractivity contribution in [2.45, 2.75) is 51.6 Å². The van der Waals surface area contributed by atoms with E-state index in [-0.39, 0.29) is 16.6 Å². The molecule has 6 nitrogen and oxygen atoms in total. The van der Waals surface area contributed by atoms with Crippen molar-refractivity contribution >= 4 is 17.3 Å². The zero-order valence-electron chi connectivity index (χ0n) is 20.3. The summed E-state index contributed by atoms with van der Waals surface area (Å²) < 4.78 is 16.9. The molecule has 2 saturated carbocycles. The van der Waals surface area contributed by atoms with Gasteiger partial charge < -0.3 is 4.90 Å². The number of anilines is 1. The van der Waals surface area contributed by atoms with Crippen LogP contribution >= 0.6 is 11.6 Å². The third-order valence-electron chi connectivity index (χ3n) is 8.70. The zero-order chi connectivity index (χ0) is 24.7. The van der Waals surface area contributed by atoms with Crippen molar-refractivity contribution in [1.29, 1.82) is 5.26 Å². The average molecular weight is 503 g/mol. The number of hydrogen-bond acceptors (Lipinski definition) is 5. The highest BCUT2D eigenvalue weighted by molar-refractivity contribution is 6.30. The van der Waals surface area contributed by atoms with E-state index in [1.165, 1.54) is 0 Å². The van der Waals surface area contributed by atoms with E-state index < -0.39 is 0 Å². The Labute approximate surface area is 215 Å². The van der Waals surface area contributed by atoms with Crippen LogP contribution in [0.4, 0.5) is 10.1 Å². The number of fused-ring (bicyclic) bond motifs is 3. The Morgan fingerprint density at radius 3 is 2.67 bits per heavy atom. The van der Waals surface area contributed by atoms with Crippen molar-refractivity contribution in [3.05, 3.63) is 70.0 Å². The minimum Gasteiger partial charge on any atom is -0.368 e. The molecule has 184 valence electrons. The molecule has 36 heavy (non-hydrogen) atoms. The minimum atomic E-state index is -0.218. The van der Waals surface area contributed by atoms with E-state index in [1.807, 2.05) is 37.3 Å². The summed E-state index contributed by atoms with van der Waals surface area (Å²) in [5.41, 5.74) is 3.67. The Bertz CT molecular complexity index is 1410. The van der Waals surface area contributed by atoms with E-state index in [2.05, 4.69) is 31.6 Å². The van der Waals surface area contributed by atoms with Crippen LogP contribution in [0.25, 0.3) is 5.69 Å². The van der Waals surface area contributed by atoms with E-state index >= 15 is 0 Å². The molecule has 1 aromatic heterocycles. The highest BCUT2D eigenvalue weighted by Gasteiger charge is 2.54. The number of benzene rings is 2. The molecule has 1 spiro atoms. The summed E-state index contributed by atoms with van der Waals surface area (Å²) in [6.45, 7) is 5.76. The van der Waals surface area contributed by atoms with Crippen LogP contribution in [0, 0.1) is 34.9 Å². The van der Waals surface area contributed by atoms with Gasteiger partial charge in [-0.1, -0.05) is 23.7 Å². The summed E-state index contributed by atoms with van der Waals surface area (Å²) in [6, 6.07) is 14.2. The smallest absolute Gasteiger partial charge is 0.151 e. The van der Waals surface area contributed by atoms with Crippen molar-refractivity contribution in [3.63, 3.8) is 0 Å². The molecule has 4 aliphatic rings. The van der Waals surface area contributed by atoms with Gasteiger partial charge in [-0.25, -0.2) is 4.39 Å². The molecule has 0 amide bonds. The number of rotatable bonds is 4. The third-order valence-corrected chi connectivity index (χ3v) is 8.94. The van der Waals surface area contributed by atoms with E-state index in [9.17, 15) is 9.65 Å². The molecule has 3 aromatic rings. The highest BCUT2D eigenvalue weighted by atomic mass is 35.5. The van der Waals surface area contributed by atoms with Crippen molar-refractivity contribution in [2.75, 3.05) is 24.5 Å². The van der Waals surface area contributed by atoms with Crippen molar-refractivity contribution in [2.24, 2.45) is 10.8 Å². The summed E-state index contributed by atoms with van der Waals surface area (Å²) >= 11 is 6.40. The first-order valence-electron chi connectivity index (χ1n) is 12.7. The van der Waals surface area contributed by atoms with Gasteiger partial charge in [-0.05, 0) is 68.0 Å². The fraction of sp³-hybridized carbons (Fsp3) is 0.464. The summed E-state index contributed by atoms with van der Waals surface area (Å²) in [5, 5.41) is 19.7. The Kier molecular flexibility index (Phi) is 4.81. The predicted octanol–water partition coefficient (Wildman–Crippen LogP) is 5.37. The third kappa shape index (κ3) is 3.46. The maximum Gasteiger partial charge on any atom is 0.151 e. The van der Waals surface area contributed by atoms with Crippen molar-refractivity contribution in [1.82, 2.24) is 19.7 Å². The predicted molar refractivity (Wildman–Crippen MR) is 136 cm³/mol. The quantitative estimate of drug-likeness (QED) is 0.480. The maximum atomic E-state index is 14.6. The first-order valence-corrected chi connectivity index (χ1v) is 13.1. The lowest BCUT2D eigenvalue weighted by Gasteiger charge is -2.59. The van der Waals surface area contributed by atoms with E-state index in [0.29, 0.717) is 23.0 Å². The van der Waals surface area contributed by atoms with Crippen molar-refractivity contribution in [3.8, 4) is 11.8 Å². The molecule has 0 unspecified atom stereocenters. The van der Waals surface area contributed by atoms with Crippen LogP contribution in [-0.2, 0) is 13.1 Å². The lowest BCUT2D eigenvalue weighted by molar-refractivity contribution is 0.0582. The van der Waals surface area contributed by atoms with E-state index in [4.69, 9.17) is 16.7 Å². The molecular weight excluding hydrogens is 475 g/mol. The van der Waals surface area contributed by atoms with E-state index in [1.54, 1.807) is 0 Å². The first-order chi connectivity index (χ1) is 17.4. The highest BCUT2D eigenvalue weighted by Crippen LogP contribution is 2.57. The van der Waals surface area contributed by atoms with Crippen LogP contribution in [0.15, 0.2) is 36.4 Å². The first kappa shape index (κ1) is 22.3. The van der Waals surface area contributed by atoms with Gasteiger partial charge >= 0.3 is 0 Å². The zero-order valence-corrected chi connectivity index (χ0v) is 21.1. The molecule has 0 radical (unpaired) electrons. The molecule has 0 N–H and O–H groups in total. The SMILES string of the molecule is Cc1cccc(N2CC3(CC(c4nnc5n4-c4ccc(Cl)cc4CN(CC4(C#N)CC4)C5)C3)C2)c1F.